The first-order valence-corrected chi connectivity index (χ1v) is 15.1. The third-order valence-electron chi connectivity index (χ3n) is 7.00. The number of allylic oxidation sites excluding steroid dienone is 1. The Labute approximate surface area is 227 Å². The van der Waals surface area contributed by atoms with Crippen LogP contribution in [0.5, 0.6) is 0 Å². The van der Waals surface area contributed by atoms with Crippen LogP contribution in [0.4, 0.5) is 22.0 Å². The molecule has 0 fully saturated rings. The molecule has 2 nitrogen and oxygen atoms in total. The lowest BCUT2D eigenvalue weighted by Crippen LogP contribution is -2.72. The van der Waals surface area contributed by atoms with Gasteiger partial charge in [0.15, 0.2) is 31.3 Å². The van der Waals surface area contributed by atoms with E-state index >= 15 is 0 Å². The van der Waals surface area contributed by atoms with Crippen molar-refractivity contribution in [2.75, 3.05) is 0 Å². The molecular weight excluding hydrogens is 527 g/mol. The van der Waals surface area contributed by atoms with Crippen molar-refractivity contribution in [1.29, 1.82) is 0 Å². The van der Waals surface area contributed by atoms with Gasteiger partial charge in [0.2, 0.25) is 5.82 Å². The van der Waals surface area contributed by atoms with Crippen LogP contribution in [-0.4, -0.2) is 19.8 Å². The van der Waals surface area contributed by atoms with Crippen molar-refractivity contribution >= 4 is 24.4 Å². The summed E-state index contributed by atoms with van der Waals surface area (Å²) in [6.07, 6.45) is 7.12. The molecule has 0 spiro atoms. The van der Waals surface area contributed by atoms with Crippen molar-refractivity contribution in [3.8, 4) is 0 Å². The van der Waals surface area contributed by atoms with E-state index in [1.165, 1.54) is 0 Å². The molecule has 39 heavy (non-hydrogen) atoms. The van der Waals surface area contributed by atoms with E-state index in [4.69, 9.17) is 4.74 Å². The first-order valence-electron chi connectivity index (χ1n) is 13.0. The summed E-state index contributed by atoms with van der Waals surface area (Å²) in [5.74, 6) is -12.8. The molecule has 0 saturated carbocycles. The van der Waals surface area contributed by atoms with Crippen LogP contribution in [0.2, 0.25) is 5.04 Å². The Morgan fingerprint density at radius 2 is 1.26 bits per heavy atom. The van der Waals surface area contributed by atoms with E-state index in [0.29, 0.717) is 6.42 Å². The van der Waals surface area contributed by atoms with Gasteiger partial charge in [0, 0.05) is 0 Å². The zero-order valence-corrected chi connectivity index (χ0v) is 23.5. The van der Waals surface area contributed by atoms with Gasteiger partial charge in [-0.1, -0.05) is 113 Å². The van der Waals surface area contributed by atoms with Crippen LogP contribution in [0.1, 0.15) is 63.7 Å². The molecule has 208 valence electrons. The molecule has 8 heteroatoms. The van der Waals surface area contributed by atoms with Gasteiger partial charge >= 0.3 is 5.97 Å². The molecule has 0 radical (unpaired) electrons. The van der Waals surface area contributed by atoms with Crippen molar-refractivity contribution in [2.45, 2.75) is 64.1 Å². The number of halogens is 5. The molecule has 0 bridgehead atoms. The van der Waals surface area contributed by atoms with Crippen molar-refractivity contribution in [1.82, 2.24) is 0 Å². The standard InChI is InChI=1S/C31H33F5O2Si/c1-5-6-7-8-15-20-23(38-30(37)24-25(32)27(34)29(36)28(35)26(24)33)39(31(2,3)4,21-16-11-9-12-17-21)22-18-13-10-14-19-22/h9-20,23H,5-8H2,1-4H3/b20-15-/t23-/m1/s1. The Bertz CT molecular complexity index is 1240. The van der Waals surface area contributed by atoms with Crippen LogP contribution in [0, 0.1) is 29.1 Å². The van der Waals surface area contributed by atoms with Gasteiger partial charge in [-0.3, -0.25) is 0 Å². The smallest absolute Gasteiger partial charge is 0.344 e. The fourth-order valence-corrected chi connectivity index (χ4v) is 10.9. The Morgan fingerprint density at radius 3 is 1.69 bits per heavy atom. The zero-order valence-electron chi connectivity index (χ0n) is 22.5. The minimum atomic E-state index is -3.25. The lowest BCUT2D eigenvalue weighted by atomic mass is 10.1. The number of hydrogen-bond acceptors (Lipinski definition) is 2. The average molecular weight is 561 g/mol. The number of hydrogen-bond donors (Lipinski definition) is 0. The van der Waals surface area contributed by atoms with E-state index in [2.05, 4.69) is 6.92 Å². The second kappa shape index (κ2) is 12.7. The van der Waals surface area contributed by atoms with Gasteiger partial charge in [0.25, 0.3) is 0 Å². The molecule has 0 heterocycles. The summed E-state index contributed by atoms with van der Waals surface area (Å²) in [4.78, 5) is 13.3. The van der Waals surface area contributed by atoms with E-state index in [1.54, 1.807) is 6.08 Å². The van der Waals surface area contributed by atoms with E-state index in [9.17, 15) is 26.7 Å². The number of esters is 1. The van der Waals surface area contributed by atoms with Crippen LogP contribution in [0.25, 0.3) is 0 Å². The summed E-state index contributed by atoms with van der Waals surface area (Å²) < 4.78 is 76.8. The highest BCUT2D eigenvalue weighted by atomic mass is 28.3. The Kier molecular flexibility index (Phi) is 9.88. The summed E-state index contributed by atoms with van der Waals surface area (Å²) in [5, 5.41) is 1.24. The van der Waals surface area contributed by atoms with Crippen LogP contribution in [0.3, 0.4) is 0 Å². The molecule has 0 aliphatic heterocycles. The van der Waals surface area contributed by atoms with Crippen LogP contribution >= 0.6 is 0 Å². The van der Waals surface area contributed by atoms with Gasteiger partial charge in [-0.25, -0.2) is 26.7 Å². The number of rotatable bonds is 10. The molecule has 0 aliphatic rings. The lowest BCUT2D eigenvalue weighted by Gasteiger charge is -2.47. The molecule has 1 atom stereocenters. The van der Waals surface area contributed by atoms with Gasteiger partial charge in [-0.05, 0) is 28.3 Å². The van der Waals surface area contributed by atoms with Crippen LogP contribution in [0.15, 0.2) is 72.8 Å². The number of benzene rings is 3. The van der Waals surface area contributed by atoms with E-state index in [-0.39, 0.29) is 0 Å². The topological polar surface area (TPSA) is 26.3 Å². The SMILES string of the molecule is CCCCC/C=C\[C@H](OC(=O)c1c(F)c(F)c(F)c(F)c1F)[Si](c1ccccc1)(c1ccccc1)C(C)(C)C. The fraction of sp³-hybridized carbons (Fsp3) is 0.323. The van der Waals surface area contributed by atoms with Crippen molar-refractivity contribution < 1.29 is 31.5 Å². The summed E-state index contributed by atoms with van der Waals surface area (Å²) in [6, 6.07) is 18.9. The van der Waals surface area contributed by atoms with E-state index in [0.717, 1.165) is 29.6 Å². The predicted molar refractivity (Wildman–Crippen MR) is 146 cm³/mol. The highest BCUT2D eigenvalue weighted by Crippen LogP contribution is 2.40. The minimum Gasteiger partial charge on any atom is -0.457 e. The average Bonchev–Trinajstić information content (AvgIpc) is 2.91. The van der Waals surface area contributed by atoms with Crippen LogP contribution < -0.4 is 10.4 Å². The lowest BCUT2D eigenvalue weighted by molar-refractivity contribution is 0.0473. The van der Waals surface area contributed by atoms with Crippen molar-refractivity contribution in [3.63, 3.8) is 0 Å². The summed E-state index contributed by atoms with van der Waals surface area (Å²) >= 11 is 0. The highest BCUT2D eigenvalue weighted by molar-refractivity contribution is 7.05. The molecular formula is C31H33F5O2Si. The largest absolute Gasteiger partial charge is 0.457 e. The highest BCUT2D eigenvalue weighted by Gasteiger charge is 2.55. The molecule has 0 amide bonds. The zero-order chi connectivity index (χ0) is 28.8. The molecule has 3 aromatic carbocycles. The van der Waals surface area contributed by atoms with Crippen molar-refractivity contribution in [2.24, 2.45) is 0 Å². The number of carbonyl (C=O) groups excluding carboxylic acids is 1. The molecule has 0 unspecified atom stereocenters. The van der Waals surface area contributed by atoms with Crippen molar-refractivity contribution in [3.05, 3.63) is 107 Å². The Morgan fingerprint density at radius 1 is 0.795 bits per heavy atom. The third kappa shape index (κ3) is 6.00. The van der Waals surface area contributed by atoms with E-state index in [1.807, 2.05) is 87.5 Å². The van der Waals surface area contributed by atoms with Gasteiger partial charge in [-0.2, -0.15) is 0 Å². The minimum absolute atomic E-state index is 0.537. The fourth-order valence-electron chi connectivity index (χ4n) is 5.15. The number of carbonyl (C=O) groups is 1. The molecule has 3 rings (SSSR count). The van der Waals surface area contributed by atoms with Gasteiger partial charge in [0.1, 0.15) is 11.3 Å². The first kappa shape index (κ1) is 30.3. The number of ether oxygens (including phenoxy) is 1. The summed E-state index contributed by atoms with van der Waals surface area (Å²) in [7, 11) is -3.25. The molecule has 0 aliphatic carbocycles. The molecule has 3 aromatic rings. The maximum atomic E-state index is 14.6. The quantitative estimate of drug-likeness (QED) is 0.0484. The molecule has 0 saturated heterocycles. The normalized spacial score (nSPS) is 13.1. The predicted octanol–water partition coefficient (Wildman–Crippen LogP) is 7.65. The summed E-state index contributed by atoms with van der Waals surface area (Å²) in [6.45, 7) is 8.08. The molecule has 0 N–H and O–H groups in total. The summed E-state index contributed by atoms with van der Waals surface area (Å²) in [5.41, 5.74) is -2.64. The second-order valence-corrected chi connectivity index (χ2v) is 15.3. The monoisotopic (exact) mass is 560 g/mol. The first-order chi connectivity index (χ1) is 18.5. The maximum absolute atomic E-state index is 14.6. The van der Waals surface area contributed by atoms with Gasteiger partial charge in [-0.15, -0.1) is 0 Å². The maximum Gasteiger partial charge on any atom is 0.344 e. The van der Waals surface area contributed by atoms with Crippen LogP contribution in [-0.2, 0) is 4.74 Å². The second-order valence-electron chi connectivity index (χ2n) is 10.5. The van der Waals surface area contributed by atoms with E-state index < -0.39 is 59.5 Å². The Hall–Kier alpha value is -3.26. The molecule has 0 aromatic heterocycles. The third-order valence-corrected chi connectivity index (χ3v) is 13.0. The number of unbranched alkanes of at least 4 members (excludes halogenated alkanes) is 3. The van der Waals surface area contributed by atoms with Gasteiger partial charge in [0.05, 0.1) is 0 Å². The Balaban J connectivity index is 2.28. The van der Waals surface area contributed by atoms with Gasteiger partial charge < -0.3 is 4.74 Å².